The Morgan fingerprint density at radius 1 is 1.53 bits per heavy atom. The highest BCUT2D eigenvalue weighted by atomic mass is 35.5. The van der Waals surface area contributed by atoms with E-state index in [-0.39, 0.29) is 16.5 Å². The molecule has 0 radical (unpaired) electrons. The first-order chi connectivity index (χ1) is 7.95. The van der Waals surface area contributed by atoms with Crippen LogP contribution in [0.1, 0.15) is 6.92 Å². The largest absolute Gasteiger partial charge is 0.472 e. The molecule has 1 rings (SSSR count). The molecule has 0 amide bonds. The van der Waals surface area contributed by atoms with Gasteiger partial charge in [-0.1, -0.05) is 11.6 Å². The van der Waals surface area contributed by atoms with Gasteiger partial charge in [0.15, 0.2) is 11.9 Å². The minimum absolute atomic E-state index is 0.0691. The van der Waals surface area contributed by atoms with Gasteiger partial charge in [-0.25, -0.2) is 4.79 Å². The summed E-state index contributed by atoms with van der Waals surface area (Å²) in [4.78, 5) is 21.2. The molecule has 0 saturated heterocycles. The van der Waals surface area contributed by atoms with Gasteiger partial charge in [-0.2, -0.15) is 0 Å². The monoisotopic (exact) mass is 259 g/mol. The summed E-state index contributed by atoms with van der Waals surface area (Å²) in [6.45, 7) is 1.43. The van der Waals surface area contributed by atoms with E-state index in [0.29, 0.717) is 0 Å². The lowest BCUT2D eigenvalue weighted by Crippen LogP contribution is -2.25. The Morgan fingerprint density at radius 3 is 2.71 bits per heavy atom. The van der Waals surface area contributed by atoms with Crippen molar-refractivity contribution in [3.05, 3.63) is 33.3 Å². The van der Waals surface area contributed by atoms with Gasteiger partial charge in [0.2, 0.25) is 0 Å². The van der Waals surface area contributed by atoms with Crippen molar-refractivity contribution in [3.63, 3.8) is 0 Å². The van der Waals surface area contributed by atoms with Crippen molar-refractivity contribution in [2.45, 2.75) is 13.0 Å². The number of hydrogen-bond donors (Lipinski definition) is 0. The summed E-state index contributed by atoms with van der Waals surface area (Å²) in [5.41, 5.74) is -0.259. The SMILES string of the molecule is COC(=O)[C@@H](C)Oc1cc(Cl)ccc1[N+](=O)[O-]. The van der Waals surface area contributed by atoms with Crippen molar-refractivity contribution < 1.29 is 19.2 Å². The van der Waals surface area contributed by atoms with Crippen molar-refractivity contribution in [2.75, 3.05) is 7.11 Å². The predicted molar refractivity (Wildman–Crippen MR) is 60.2 cm³/mol. The number of benzene rings is 1. The zero-order valence-electron chi connectivity index (χ0n) is 9.18. The van der Waals surface area contributed by atoms with Crippen LogP contribution in [-0.4, -0.2) is 24.1 Å². The number of methoxy groups -OCH3 is 1. The molecule has 0 heterocycles. The number of esters is 1. The molecule has 6 nitrogen and oxygen atoms in total. The van der Waals surface area contributed by atoms with Gasteiger partial charge in [0, 0.05) is 17.2 Å². The molecule has 0 aliphatic carbocycles. The van der Waals surface area contributed by atoms with Crippen LogP contribution in [0.25, 0.3) is 0 Å². The maximum atomic E-state index is 11.1. The van der Waals surface area contributed by atoms with Crippen LogP contribution in [0.2, 0.25) is 5.02 Å². The lowest BCUT2D eigenvalue weighted by molar-refractivity contribution is -0.386. The molecule has 17 heavy (non-hydrogen) atoms. The molecule has 92 valence electrons. The zero-order chi connectivity index (χ0) is 13.0. The van der Waals surface area contributed by atoms with Gasteiger partial charge >= 0.3 is 11.7 Å². The molecule has 0 N–H and O–H groups in total. The molecular weight excluding hydrogens is 250 g/mol. The summed E-state index contributed by atoms with van der Waals surface area (Å²) in [7, 11) is 1.20. The number of nitrogens with zero attached hydrogens (tertiary/aromatic N) is 1. The van der Waals surface area contributed by atoms with Gasteiger partial charge in [-0.3, -0.25) is 10.1 Å². The van der Waals surface area contributed by atoms with Crippen LogP contribution >= 0.6 is 11.6 Å². The van der Waals surface area contributed by atoms with Gasteiger partial charge in [-0.05, 0) is 13.0 Å². The lowest BCUT2D eigenvalue weighted by atomic mass is 10.3. The average Bonchev–Trinajstić information content (AvgIpc) is 2.27. The van der Waals surface area contributed by atoms with E-state index in [1.165, 1.54) is 32.2 Å². The highest BCUT2D eigenvalue weighted by Crippen LogP contribution is 2.30. The van der Waals surface area contributed by atoms with Crippen LogP contribution in [0.3, 0.4) is 0 Å². The molecule has 0 saturated carbocycles. The van der Waals surface area contributed by atoms with Crippen LogP contribution in [0.15, 0.2) is 18.2 Å². The molecule has 0 aromatic heterocycles. The quantitative estimate of drug-likeness (QED) is 0.470. The Bertz CT molecular complexity index is 448. The molecule has 0 fully saturated rings. The van der Waals surface area contributed by atoms with Crippen LogP contribution in [-0.2, 0) is 9.53 Å². The Labute approximate surface area is 102 Å². The molecule has 0 aliphatic heterocycles. The van der Waals surface area contributed by atoms with Crippen molar-refractivity contribution in [1.29, 1.82) is 0 Å². The summed E-state index contributed by atoms with van der Waals surface area (Å²) in [5, 5.41) is 11.0. The standard InChI is InChI=1S/C10H10ClNO5/c1-6(10(13)16-2)17-9-5-7(11)3-4-8(9)12(14)15/h3-6H,1-2H3/t6-/m1/s1. The van der Waals surface area contributed by atoms with E-state index in [0.717, 1.165) is 0 Å². The fourth-order valence-corrected chi connectivity index (χ4v) is 1.30. The lowest BCUT2D eigenvalue weighted by Gasteiger charge is -2.12. The van der Waals surface area contributed by atoms with Gasteiger partial charge < -0.3 is 9.47 Å². The first kappa shape index (κ1) is 13.2. The highest BCUT2D eigenvalue weighted by molar-refractivity contribution is 6.30. The minimum atomic E-state index is -0.947. The number of halogens is 1. The topological polar surface area (TPSA) is 78.7 Å². The molecule has 1 aromatic carbocycles. The number of nitro groups is 1. The summed E-state index contributed by atoms with van der Waals surface area (Å²) in [5.74, 6) is -0.695. The first-order valence-electron chi connectivity index (χ1n) is 4.64. The molecule has 0 bridgehead atoms. The summed E-state index contributed by atoms with van der Waals surface area (Å²) in [6, 6.07) is 3.86. The van der Waals surface area contributed by atoms with Gasteiger partial charge in [0.25, 0.3) is 0 Å². The maximum absolute atomic E-state index is 11.1. The molecule has 7 heteroatoms. The van der Waals surface area contributed by atoms with E-state index >= 15 is 0 Å². The van der Waals surface area contributed by atoms with E-state index in [1.807, 2.05) is 0 Å². The van der Waals surface area contributed by atoms with Gasteiger partial charge in [0.1, 0.15) is 0 Å². The van der Waals surface area contributed by atoms with E-state index in [4.69, 9.17) is 16.3 Å². The van der Waals surface area contributed by atoms with Crippen molar-refractivity contribution in [2.24, 2.45) is 0 Å². The van der Waals surface area contributed by atoms with E-state index in [9.17, 15) is 14.9 Å². The highest BCUT2D eigenvalue weighted by Gasteiger charge is 2.21. The summed E-state index contributed by atoms with van der Waals surface area (Å²) >= 11 is 5.70. The van der Waals surface area contributed by atoms with E-state index in [1.54, 1.807) is 0 Å². The number of nitro benzene ring substituents is 1. The number of carbonyl (C=O) groups excluding carboxylic acids is 1. The van der Waals surface area contributed by atoms with Crippen LogP contribution in [0.5, 0.6) is 5.75 Å². The van der Waals surface area contributed by atoms with E-state index < -0.39 is 17.0 Å². The Morgan fingerprint density at radius 2 is 2.18 bits per heavy atom. The van der Waals surface area contributed by atoms with E-state index in [2.05, 4.69) is 4.74 Å². The third-order valence-corrected chi connectivity index (χ3v) is 2.19. The third kappa shape index (κ3) is 3.32. The predicted octanol–water partition coefficient (Wildman–Crippen LogP) is 2.19. The third-order valence-electron chi connectivity index (χ3n) is 1.96. The van der Waals surface area contributed by atoms with Crippen molar-refractivity contribution in [1.82, 2.24) is 0 Å². The normalized spacial score (nSPS) is 11.7. The molecule has 0 unspecified atom stereocenters. The smallest absolute Gasteiger partial charge is 0.346 e. The molecular formula is C10H10ClNO5. The van der Waals surface area contributed by atoms with Gasteiger partial charge in [0.05, 0.1) is 12.0 Å². The van der Waals surface area contributed by atoms with Crippen molar-refractivity contribution in [3.8, 4) is 5.75 Å². The second-order valence-electron chi connectivity index (χ2n) is 3.15. The fourth-order valence-electron chi connectivity index (χ4n) is 1.14. The first-order valence-corrected chi connectivity index (χ1v) is 5.02. The summed E-state index contributed by atoms with van der Waals surface area (Å²) in [6.07, 6.45) is -0.947. The number of ether oxygens (including phenoxy) is 2. The fraction of sp³-hybridized carbons (Fsp3) is 0.300. The molecule has 0 aliphatic rings. The number of hydrogen-bond acceptors (Lipinski definition) is 5. The summed E-state index contributed by atoms with van der Waals surface area (Å²) < 4.78 is 9.59. The Kier molecular flexibility index (Phi) is 4.28. The Balaban J connectivity index is 3.00. The van der Waals surface area contributed by atoms with Crippen LogP contribution in [0.4, 0.5) is 5.69 Å². The maximum Gasteiger partial charge on any atom is 0.346 e. The van der Waals surface area contributed by atoms with Crippen molar-refractivity contribution >= 4 is 23.3 Å². The number of carbonyl (C=O) groups is 1. The second-order valence-corrected chi connectivity index (χ2v) is 3.59. The molecule has 1 atom stereocenters. The molecule has 1 aromatic rings. The van der Waals surface area contributed by atoms with Crippen LogP contribution < -0.4 is 4.74 Å². The number of rotatable bonds is 4. The molecule has 0 spiro atoms. The average molecular weight is 260 g/mol. The van der Waals surface area contributed by atoms with Gasteiger partial charge in [-0.15, -0.1) is 0 Å². The second kappa shape index (κ2) is 5.49. The van der Waals surface area contributed by atoms with Crippen LogP contribution in [0, 0.1) is 10.1 Å². The Hall–Kier alpha value is -1.82. The zero-order valence-corrected chi connectivity index (χ0v) is 9.93. The minimum Gasteiger partial charge on any atom is -0.472 e.